The Labute approximate surface area is 169 Å². The largest absolute Gasteiger partial charge is 0.451 e. The molecular formula is C20H24N2O6S. The van der Waals surface area contributed by atoms with Gasteiger partial charge in [0.1, 0.15) is 0 Å². The average Bonchev–Trinajstić information content (AvgIpc) is 2.95. The van der Waals surface area contributed by atoms with Gasteiger partial charge in [0, 0.05) is 17.8 Å². The number of benzene rings is 1. The first kappa shape index (κ1) is 22.5. The molecule has 9 heteroatoms. The number of aromatic amines is 1. The van der Waals surface area contributed by atoms with Crippen molar-refractivity contribution >= 4 is 27.6 Å². The molecule has 1 aromatic carbocycles. The molecule has 0 aliphatic heterocycles. The van der Waals surface area contributed by atoms with E-state index in [0.29, 0.717) is 16.8 Å². The van der Waals surface area contributed by atoms with Crippen LogP contribution in [0.15, 0.2) is 29.2 Å². The minimum absolute atomic E-state index is 0.00689. The van der Waals surface area contributed by atoms with Gasteiger partial charge in [-0.05, 0) is 51.5 Å². The topological polar surface area (TPSA) is 122 Å². The summed E-state index contributed by atoms with van der Waals surface area (Å²) >= 11 is 0. The van der Waals surface area contributed by atoms with Crippen molar-refractivity contribution in [3.8, 4) is 0 Å². The minimum atomic E-state index is -3.73. The van der Waals surface area contributed by atoms with Crippen molar-refractivity contribution in [3.63, 3.8) is 0 Å². The van der Waals surface area contributed by atoms with Crippen LogP contribution in [-0.2, 0) is 14.8 Å². The molecule has 0 fully saturated rings. The van der Waals surface area contributed by atoms with E-state index in [1.807, 2.05) is 0 Å². The van der Waals surface area contributed by atoms with Gasteiger partial charge in [-0.3, -0.25) is 9.59 Å². The zero-order chi connectivity index (χ0) is 21.9. The fourth-order valence-electron chi connectivity index (χ4n) is 3.07. The lowest BCUT2D eigenvalue weighted by Crippen LogP contribution is -2.26. The Morgan fingerprint density at radius 2 is 1.86 bits per heavy atom. The van der Waals surface area contributed by atoms with Crippen LogP contribution in [0.3, 0.4) is 0 Å². The van der Waals surface area contributed by atoms with E-state index >= 15 is 0 Å². The highest BCUT2D eigenvalue weighted by Gasteiger charge is 2.26. The van der Waals surface area contributed by atoms with Gasteiger partial charge in [0.25, 0.3) is 0 Å². The summed E-state index contributed by atoms with van der Waals surface area (Å²) < 4.78 is 31.8. The number of Topliss-reactive ketones (excluding diaryl/α,β-unsaturated/α-hetero) is 2. The van der Waals surface area contributed by atoms with Gasteiger partial charge in [0.2, 0.25) is 15.8 Å². The molecule has 156 valence electrons. The van der Waals surface area contributed by atoms with Gasteiger partial charge in [-0.2, -0.15) is 0 Å². The van der Waals surface area contributed by atoms with E-state index in [0.717, 1.165) is 0 Å². The van der Waals surface area contributed by atoms with Crippen molar-refractivity contribution in [1.82, 2.24) is 9.71 Å². The Kier molecular flexibility index (Phi) is 6.76. The molecule has 1 aromatic heterocycles. The van der Waals surface area contributed by atoms with Crippen molar-refractivity contribution in [3.05, 3.63) is 52.3 Å². The number of aromatic nitrogens is 1. The van der Waals surface area contributed by atoms with Crippen molar-refractivity contribution in [1.29, 1.82) is 0 Å². The quantitative estimate of drug-likeness (QED) is 0.500. The molecule has 0 saturated carbocycles. The van der Waals surface area contributed by atoms with E-state index in [4.69, 9.17) is 4.74 Å². The molecule has 8 nitrogen and oxygen atoms in total. The number of nitrogens with one attached hydrogen (secondary N) is 2. The number of hydrogen-bond donors (Lipinski definition) is 2. The fraction of sp³-hybridized carbons (Fsp3) is 0.350. The van der Waals surface area contributed by atoms with E-state index in [1.165, 1.54) is 38.1 Å². The second-order valence-electron chi connectivity index (χ2n) is 6.62. The second-order valence-corrected chi connectivity index (χ2v) is 8.39. The average molecular weight is 420 g/mol. The van der Waals surface area contributed by atoms with Crippen LogP contribution in [0, 0.1) is 13.8 Å². The van der Waals surface area contributed by atoms with Crippen LogP contribution in [0.25, 0.3) is 0 Å². The number of ketones is 2. The summed E-state index contributed by atoms with van der Waals surface area (Å²) in [4.78, 5) is 39.7. The number of sulfonamides is 1. The third-order valence-corrected chi connectivity index (χ3v) is 5.95. The van der Waals surface area contributed by atoms with E-state index in [2.05, 4.69) is 9.71 Å². The standard InChI is InChI=1S/C20H24N2O6S/c1-6-21-29(26,27)16-9-7-8-15(10-16)20(25)28-14(5)19(24)18-11(2)17(13(4)23)12(3)22-18/h7-10,14,21-22H,6H2,1-5H3. The van der Waals surface area contributed by atoms with Crippen LogP contribution in [0.4, 0.5) is 0 Å². The maximum Gasteiger partial charge on any atom is 0.338 e. The molecule has 1 heterocycles. The van der Waals surface area contributed by atoms with E-state index < -0.39 is 27.9 Å². The van der Waals surface area contributed by atoms with Crippen molar-refractivity contribution in [2.45, 2.75) is 45.6 Å². The Bertz CT molecular complexity index is 1070. The smallest absolute Gasteiger partial charge is 0.338 e. The van der Waals surface area contributed by atoms with Crippen LogP contribution >= 0.6 is 0 Å². The van der Waals surface area contributed by atoms with Crippen molar-refractivity contribution in [2.24, 2.45) is 0 Å². The Hall–Kier alpha value is -2.78. The van der Waals surface area contributed by atoms with Gasteiger partial charge in [0.15, 0.2) is 11.9 Å². The molecule has 2 N–H and O–H groups in total. The van der Waals surface area contributed by atoms with E-state index in [-0.39, 0.29) is 28.5 Å². The van der Waals surface area contributed by atoms with Gasteiger partial charge in [0.05, 0.1) is 16.2 Å². The number of rotatable bonds is 8. The number of carbonyl (C=O) groups is 3. The first-order chi connectivity index (χ1) is 13.5. The lowest BCUT2D eigenvalue weighted by Gasteiger charge is -2.13. The molecule has 1 atom stereocenters. The van der Waals surface area contributed by atoms with Crippen molar-refractivity contribution < 1.29 is 27.5 Å². The zero-order valence-electron chi connectivity index (χ0n) is 17.0. The molecule has 1 unspecified atom stereocenters. The molecular weight excluding hydrogens is 396 g/mol. The normalized spacial score (nSPS) is 12.4. The summed E-state index contributed by atoms with van der Waals surface area (Å²) in [5.41, 5.74) is 1.72. The van der Waals surface area contributed by atoms with Crippen molar-refractivity contribution in [2.75, 3.05) is 6.54 Å². The fourth-order valence-corrected chi connectivity index (χ4v) is 4.16. The summed E-state index contributed by atoms with van der Waals surface area (Å²) in [7, 11) is -3.73. The van der Waals surface area contributed by atoms with Crippen LogP contribution in [-0.4, -0.2) is 43.6 Å². The third-order valence-electron chi connectivity index (χ3n) is 4.40. The van der Waals surface area contributed by atoms with Gasteiger partial charge >= 0.3 is 5.97 Å². The summed E-state index contributed by atoms with van der Waals surface area (Å²) in [6.45, 7) is 8.02. The highest BCUT2D eigenvalue weighted by atomic mass is 32.2. The number of hydrogen-bond acceptors (Lipinski definition) is 6. The minimum Gasteiger partial charge on any atom is -0.451 e. The number of carbonyl (C=O) groups excluding carboxylic acids is 3. The molecule has 0 amide bonds. The SMILES string of the molecule is CCNS(=O)(=O)c1cccc(C(=O)OC(C)C(=O)c2[nH]c(C)c(C(C)=O)c2C)c1. The molecule has 29 heavy (non-hydrogen) atoms. The van der Waals surface area contributed by atoms with Gasteiger partial charge in [-0.15, -0.1) is 0 Å². The number of ether oxygens (including phenoxy) is 1. The first-order valence-electron chi connectivity index (χ1n) is 9.04. The second kappa shape index (κ2) is 8.71. The van der Waals surface area contributed by atoms with Crippen LogP contribution < -0.4 is 4.72 Å². The summed E-state index contributed by atoms with van der Waals surface area (Å²) in [6.07, 6.45) is -1.13. The number of esters is 1. The Morgan fingerprint density at radius 1 is 1.21 bits per heavy atom. The molecule has 0 aliphatic rings. The lowest BCUT2D eigenvalue weighted by molar-refractivity contribution is 0.0316. The molecule has 2 aromatic rings. The highest BCUT2D eigenvalue weighted by Crippen LogP contribution is 2.21. The summed E-state index contributed by atoms with van der Waals surface area (Å²) in [5.74, 6) is -1.48. The summed E-state index contributed by atoms with van der Waals surface area (Å²) in [6, 6.07) is 5.38. The highest BCUT2D eigenvalue weighted by molar-refractivity contribution is 7.89. The number of H-pyrrole nitrogens is 1. The predicted octanol–water partition coefficient (Wildman–Crippen LogP) is 2.56. The molecule has 0 saturated heterocycles. The zero-order valence-corrected chi connectivity index (χ0v) is 17.8. The van der Waals surface area contributed by atoms with Crippen LogP contribution in [0.5, 0.6) is 0 Å². The van der Waals surface area contributed by atoms with Gasteiger partial charge in [-0.25, -0.2) is 17.9 Å². The molecule has 0 aliphatic carbocycles. The molecule has 2 rings (SSSR count). The molecule has 0 bridgehead atoms. The monoisotopic (exact) mass is 420 g/mol. The lowest BCUT2D eigenvalue weighted by atomic mass is 10.0. The van der Waals surface area contributed by atoms with E-state index in [1.54, 1.807) is 20.8 Å². The Balaban J connectivity index is 2.23. The molecule has 0 spiro atoms. The van der Waals surface area contributed by atoms with Crippen LogP contribution in [0.2, 0.25) is 0 Å². The van der Waals surface area contributed by atoms with Gasteiger partial charge < -0.3 is 9.72 Å². The summed E-state index contributed by atoms with van der Waals surface area (Å²) in [5, 5.41) is 0. The number of aryl methyl sites for hydroxylation is 1. The third kappa shape index (κ3) is 4.80. The maximum atomic E-state index is 12.7. The first-order valence-corrected chi connectivity index (χ1v) is 10.5. The predicted molar refractivity (Wildman–Crippen MR) is 107 cm³/mol. The van der Waals surface area contributed by atoms with Gasteiger partial charge in [-0.1, -0.05) is 13.0 Å². The molecule has 0 radical (unpaired) electrons. The van der Waals surface area contributed by atoms with E-state index in [9.17, 15) is 22.8 Å². The Morgan fingerprint density at radius 3 is 2.41 bits per heavy atom. The maximum absolute atomic E-state index is 12.7. The van der Waals surface area contributed by atoms with Crippen LogP contribution in [0.1, 0.15) is 63.2 Å².